The second kappa shape index (κ2) is 10.0. The number of halogens is 3. The highest BCUT2D eigenvalue weighted by molar-refractivity contribution is 5.97. The summed E-state index contributed by atoms with van der Waals surface area (Å²) in [6.45, 7) is 6.75. The molecule has 0 saturated heterocycles. The van der Waals surface area contributed by atoms with Crippen molar-refractivity contribution in [3.05, 3.63) is 48.0 Å². The summed E-state index contributed by atoms with van der Waals surface area (Å²) >= 11 is 0. The first kappa shape index (κ1) is 25.8. The van der Waals surface area contributed by atoms with Crippen LogP contribution in [0.3, 0.4) is 0 Å². The monoisotopic (exact) mass is 504 g/mol. The Labute approximate surface area is 207 Å². The van der Waals surface area contributed by atoms with E-state index >= 15 is 0 Å². The van der Waals surface area contributed by atoms with Crippen LogP contribution in [0.25, 0.3) is 11.0 Å². The van der Waals surface area contributed by atoms with E-state index in [4.69, 9.17) is 10.1 Å². The van der Waals surface area contributed by atoms with Gasteiger partial charge in [-0.15, -0.1) is 13.2 Å². The Morgan fingerprint density at radius 1 is 1.19 bits per heavy atom. The number of amides is 1. The number of aliphatic hydroxyl groups is 1. The van der Waals surface area contributed by atoms with Gasteiger partial charge < -0.3 is 25.0 Å². The molecule has 0 radical (unpaired) electrons. The van der Waals surface area contributed by atoms with Gasteiger partial charge in [0.05, 0.1) is 17.6 Å². The van der Waals surface area contributed by atoms with Crippen molar-refractivity contribution in [3.8, 4) is 5.75 Å². The van der Waals surface area contributed by atoms with E-state index in [2.05, 4.69) is 40.7 Å². The molecule has 0 bridgehead atoms. The molecule has 36 heavy (non-hydrogen) atoms. The number of aromatic nitrogens is 2. The Morgan fingerprint density at radius 2 is 1.92 bits per heavy atom. The molecule has 3 N–H and O–H groups in total. The lowest BCUT2D eigenvalue weighted by molar-refractivity contribution is -0.274. The molecule has 1 heterocycles. The first-order chi connectivity index (χ1) is 16.9. The molecule has 7 nitrogen and oxygen atoms in total. The molecule has 2 aromatic carbocycles. The van der Waals surface area contributed by atoms with Crippen LogP contribution in [-0.4, -0.2) is 40.1 Å². The summed E-state index contributed by atoms with van der Waals surface area (Å²) in [5.41, 5.74) is 2.62. The zero-order valence-electron chi connectivity index (χ0n) is 20.5. The van der Waals surface area contributed by atoms with E-state index in [0.29, 0.717) is 28.6 Å². The highest BCUT2D eigenvalue weighted by Gasteiger charge is 2.35. The molecule has 1 fully saturated rings. The Balaban J connectivity index is 1.71. The number of aliphatic hydroxyl groups excluding tert-OH is 1. The van der Waals surface area contributed by atoms with Gasteiger partial charge in [-0.25, -0.2) is 4.98 Å². The third kappa shape index (κ3) is 6.10. The Morgan fingerprint density at radius 3 is 2.56 bits per heavy atom. The molecule has 1 aliphatic carbocycles. The van der Waals surface area contributed by atoms with Gasteiger partial charge in [0.15, 0.2) is 0 Å². The summed E-state index contributed by atoms with van der Waals surface area (Å²) in [5.74, 6) is 0.453. The number of carbonyl (C=O) groups is 1. The number of imidazole rings is 1. The van der Waals surface area contributed by atoms with Gasteiger partial charge in [-0.1, -0.05) is 20.8 Å². The lowest BCUT2D eigenvalue weighted by atomic mass is 9.70. The Bertz CT molecular complexity index is 1220. The van der Waals surface area contributed by atoms with E-state index < -0.39 is 6.36 Å². The maximum atomic E-state index is 12.5. The van der Waals surface area contributed by atoms with Crippen LogP contribution < -0.4 is 15.4 Å². The van der Waals surface area contributed by atoms with Crippen molar-refractivity contribution < 1.29 is 27.8 Å². The number of hydrogen-bond donors (Lipinski definition) is 3. The van der Waals surface area contributed by atoms with Crippen molar-refractivity contribution in [2.75, 3.05) is 18.5 Å². The number of ether oxygens (including phenoxy) is 1. The Hall–Kier alpha value is -3.27. The molecule has 10 heteroatoms. The zero-order valence-corrected chi connectivity index (χ0v) is 20.5. The molecule has 0 unspecified atom stereocenters. The molecule has 194 valence electrons. The van der Waals surface area contributed by atoms with Crippen molar-refractivity contribution in [1.29, 1.82) is 0 Å². The van der Waals surface area contributed by atoms with E-state index in [-0.39, 0.29) is 36.3 Å². The van der Waals surface area contributed by atoms with Gasteiger partial charge in [0.1, 0.15) is 5.75 Å². The first-order valence-corrected chi connectivity index (χ1v) is 12.0. The Kier molecular flexibility index (Phi) is 7.17. The zero-order chi connectivity index (χ0) is 26.1. The summed E-state index contributed by atoms with van der Waals surface area (Å²) in [6.07, 6.45) is -1.74. The molecule has 1 saturated carbocycles. The molecule has 1 aliphatic rings. The second-order valence-corrected chi connectivity index (χ2v) is 10.3. The quantitative estimate of drug-likeness (QED) is 0.379. The lowest BCUT2D eigenvalue weighted by Crippen LogP contribution is -2.29. The van der Waals surface area contributed by atoms with Crippen LogP contribution in [0.2, 0.25) is 0 Å². The molecule has 0 spiro atoms. The van der Waals surface area contributed by atoms with Crippen LogP contribution in [0.1, 0.15) is 56.4 Å². The number of benzene rings is 2. The molecule has 2 atom stereocenters. The van der Waals surface area contributed by atoms with E-state index in [9.17, 15) is 18.0 Å². The number of nitrogens with zero attached hydrogens (tertiary/aromatic N) is 2. The topological polar surface area (TPSA) is 88.4 Å². The number of fused-ring (bicyclic) bond motifs is 1. The standard InChI is InChI=1S/C26H31F3N4O3/c1-16-12-19(15-25(2,3)14-16)33-22-9-4-17(23(35)30-10-11-34)13-21(22)32-24(33)31-18-5-7-20(8-6-18)36-26(27,28)29/h4-9,13,16,19,34H,10-12,14-15H2,1-3H3,(H,30,35)(H,31,32)/t16-,19-/m0/s1. The van der Waals surface area contributed by atoms with E-state index in [0.717, 1.165) is 24.8 Å². The van der Waals surface area contributed by atoms with Crippen LogP contribution in [0.4, 0.5) is 24.8 Å². The minimum absolute atomic E-state index is 0.136. The van der Waals surface area contributed by atoms with Crippen LogP contribution in [0.5, 0.6) is 5.75 Å². The van der Waals surface area contributed by atoms with Gasteiger partial charge in [-0.3, -0.25) is 4.79 Å². The maximum absolute atomic E-state index is 12.5. The fourth-order valence-corrected chi connectivity index (χ4v) is 5.33. The third-order valence-electron chi connectivity index (χ3n) is 6.42. The lowest BCUT2D eigenvalue weighted by Gasteiger charge is -2.40. The summed E-state index contributed by atoms with van der Waals surface area (Å²) in [7, 11) is 0. The van der Waals surface area contributed by atoms with Gasteiger partial charge in [0.25, 0.3) is 5.91 Å². The van der Waals surface area contributed by atoms with E-state index in [1.807, 2.05) is 6.07 Å². The van der Waals surface area contributed by atoms with Crippen molar-refractivity contribution in [3.63, 3.8) is 0 Å². The molecule has 4 rings (SSSR count). The van der Waals surface area contributed by atoms with Crippen molar-refractivity contribution >= 4 is 28.6 Å². The number of nitrogens with one attached hydrogen (secondary N) is 2. The highest BCUT2D eigenvalue weighted by atomic mass is 19.4. The number of rotatable bonds is 7. The van der Waals surface area contributed by atoms with E-state index in [1.165, 1.54) is 24.3 Å². The minimum atomic E-state index is -4.76. The number of carbonyl (C=O) groups excluding carboxylic acids is 1. The van der Waals surface area contributed by atoms with Gasteiger partial charge in [0, 0.05) is 23.8 Å². The average Bonchev–Trinajstić information content (AvgIpc) is 3.13. The molecule has 1 amide bonds. The third-order valence-corrected chi connectivity index (χ3v) is 6.42. The predicted octanol–water partition coefficient (Wildman–Crippen LogP) is 5.79. The molecule has 3 aromatic rings. The van der Waals surface area contributed by atoms with Crippen LogP contribution >= 0.6 is 0 Å². The molecule has 1 aromatic heterocycles. The van der Waals surface area contributed by atoms with Crippen LogP contribution in [-0.2, 0) is 0 Å². The normalized spacial score (nSPS) is 19.8. The van der Waals surface area contributed by atoms with Gasteiger partial charge >= 0.3 is 6.36 Å². The molecule has 0 aliphatic heterocycles. The fraction of sp³-hybridized carbons (Fsp3) is 0.462. The largest absolute Gasteiger partial charge is 0.573 e. The SMILES string of the molecule is C[C@H]1C[C@H](n2c(Nc3ccc(OC(F)(F)F)cc3)nc3cc(C(=O)NCCO)ccc32)CC(C)(C)C1. The minimum Gasteiger partial charge on any atom is -0.406 e. The van der Waals surface area contributed by atoms with Gasteiger partial charge in [-0.2, -0.15) is 0 Å². The smallest absolute Gasteiger partial charge is 0.406 e. The number of anilines is 2. The molecular weight excluding hydrogens is 473 g/mol. The van der Waals surface area contributed by atoms with Gasteiger partial charge in [-0.05, 0) is 73.1 Å². The van der Waals surface area contributed by atoms with Crippen molar-refractivity contribution in [2.45, 2.75) is 52.4 Å². The van der Waals surface area contributed by atoms with Crippen molar-refractivity contribution in [1.82, 2.24) is 14.9 Å². The van der Waals surface area contributed by atoms with Crippen LogP contribution in [0.15, 0.2) is 42.5 Å². The maximum Gasteiger partial charge on any atom is 0.573 e. The predicted molar refractivity (Wildman–Crippen MR) is 131 cm³/mol. The van der Waals surface area contributed by atoms with Crippen LogP contribution in [0, 0.1) is 11.3 Å². The fourth-order valence-electron chi connectivity index (χ4n) is 5.33. The molecular formula is C26H31F3N4O3. The summed E-state index contributed by atoms with van der Waals surface area (Å²) < 4.78 is 43.7. The second-order valence-electron chi connectivity index (χ2n) is 10.3. The summed E-state index contributed by atoms with van der Waals surface area (Å²) in [6, 6.07) is 11.0. The van der Waals surface area contributed by atoms with E-state index in [1.54, 1.807) is 12.1 Å². The van der Waals surface area contributed by atoms with Crippen molar-refractivity contribution in [2.24, 2.45) is 11.3 Å². The average molecular weight is 505 g/mol. The summed E-state index contributed by atoms with van der Waals surface area (Å²) in [4.78, 5) is 17.2. The first-order valence-electron chi connectivity index (χ1n) is 12.0. The number of alkyl halides is 3. The van der Waals surface area contributed by atoms with Gasteiger partial charge in [0.2, 0.25) is 5.95 Å². The summed E-state index contributed by atoms with van der Waals surface area (Å²) in [5, 5.41) is 14.9. The number of hydrogen-bond acceptors (Lipinski definition) is 5. The highest BCUT2D eigenvalue weighted by Crippen LogP contribution is 2.46.